The Morgan fingerprint density at radius 3 is 2.59 bits per heavy atom. The van der Waals surface area contributed by atoms with Crippen molar-refractivity contribution in [3.05, 3.63) is 52.1 Å². The summed E-state index contributed by atoms with van der Waals surface area (Å²) in [7, 11) is 0. The fraction of sp³-hybridized carbons (Fsp3) is 0.474. The summed E-state index contributed by atoms with van der Waals surface area (Å²) in [6.45, 7) is 4.14. The number of hydroxylamine groups is 2. The predicted octanol–water partition coefficient (Wildman–Crippen LogP) is -1.84. The number of imidazole rings is 1. The quantitative estimate of drug-likeness (QED) is 0.457. The second-order valence-corrected chi connectivity index (χ2v) is 7.39. The van der Waals surface area contributed by atoms with Gasteiger partial charge in [0.15, 0.2) is 17.5 Å². The zero-order valence-electron chi connectivity index (χ0n) is 16.3. The topological polar surface area (TPSA) is 139 Å². The Balaban J connectivity index is 1.56. The van der Waals surface area contributed by atoms with E-state index in [2.05, 4.69) is 16.0 Å². The molecule has 2 aliphatic rings. The van der Waals surface area contributed by atoms with Crippen molar-refractivity contribution < 1.29 is 24.9 Å². The fourth-order valence-electron chi connectivity index (χ4n) is 3.73. The van der Waals surface area contributed by atoms with Gasteiger partial charge in [0.1, 0.15) is 36.9 Å². The van der Waals surface area contributed by atoms with Crippen LogP contribution < -0.4 is 16.6 Å². The third kappa shape index (κ3) is 3.61. The molecule has 156 valence electrons. The van der Waals surface area contributed by atoms with Gasteiger partial charge in [0.05, 0.1) is 12.9 Å². The van der Waals surface area contributed by atoms with Crippen molar-refractivity contribution in [3.8, 4) is 0 Å². The fourth-order valence-corrected chi connectivity index (χ4v) is 3.73. The van der Waals surface area contributed by atoms with E-state index in [0.717, 1.165) is 16.7 Å². The van der Waals surface area contributed by atoms with Gasteiger partial charge in [0.25, 0.3) is 0 Å². The van der Waals surface area contributed by atoms with E-state index >= 15 is 0 Å². The molecular formula is C19H25N5O5. The van der Waals surface area contributed by atoms with E-state index in [1.165, 1.54) is 16.0 Å². The number of hydrogen-bond acceptors (Lipinski definition) is 9. The molecule has 1 aromatic heterocycles. The minimum atomic E-state index is -1.22. The first kappa shape index (κ1) is 19.8. The van der Waals surface area contributed by atoms with Crippen LogP contribution in [0, 0.1) is 13.8 Å². The van der Waals surface area contributed by atoms with E-state index in [1.807, 2.05) is 26.0 Å². The second-order valence-electron chi connectivity index (χ2n) is 7.39. The number of ether oxygens (including phenoxy) is 1. The lowest BCUT2D eigenvalue weighted by Crippen LogP contribution is -2.47. The molecule has 0 amide bonds. The van der Waals surface area contributed by atoms with Gasteiger partial charge in [0.2, 0.25) is 0 Å². The third-order valence-electron chi connectivity index (χ3n) is 5.09. The van der Waals surface area contributed by atoms with Gasteiger partial charge in [-0.05, 0) is 19.4 Å². The average molecular weight is 403 g/mol. The number of fused-ring (bicyclic) bond motifs is 1. The third-order valence-corrected chi connectivity index (χ3v) is 5.09. The van der Waals surface area contributed by atoms with Crippen LogP contribution in [0.15, 0.2) is 29.5 Å². The Hall–Kier alpha value is -2.50. The van der Waals surface area contributed by atoms with Crippen molar-refractivity contribution in [2.75, 3.05) is 13.3 Å². The zero-order chi connectivity index (χ0) is 20.7. The molecule has 4 atom stereocenters. The molecule has 10 nitrogen and oxygen atoms in total. The molecular weight excluding hydrogens is 378 g/mol. The Kier molecular flexibility index (Phi) is 5.28. The molecule has 0 aliphatic carbocycles. The first-order chi connectivity index (χ1) is 13.9. The Bertz CT molecular complexity index is 1000. The summed E-state index contributed by atoms with van der Waals surface area (Å²) in [6, 6.07) is 6.19. The van der Waals surface area contributed by atoms with Crippen LogP contribution in [-0.2, 0) is 16.2 Å². The number of rotatable bonds is 5. The van der Waals surface area contributed by atoms with Crippen LogP contribution in [0.5, 0.6) is 0 Å². The summed E-state index contributed by atoms with van der Waals surface area (Å²) in [4.78, 5) is 14.6. The first-order valence-electron chi connectivity index (χ1n) is 9.36. The zero-order valence-corrected chi connectivity index (χ0v) is 16.3. The summed E-state index contributed by atoms with van der Waals surface area (Å²) in [5, 5.41) is 31.4. The van der Waals surface area contributed by atoms with Gasteiger partial charge in [-0.25, -0.2) is 15.0 Å². The monoisotopic (exact) mass is 403 g/mol. The molecule has 1 fully saturated rings. The van der Waals surface area contributed by atoms with E-state index in [4.69, 9.17) is 15.3 Å². The van der Waals surface area contributed by atoms with Crippen molar-refractivity contribution in [1.82, 2.24) is 14.6 Å². The van der Waals surface area contributed by atoms with Gasteiger partial charge in [-0.1, -0.05) is 29.3 Å². The maximum Gasteiger partial charge on any atom is 0.165 e. The minimum absolute atomic E-state index is 0.143. The number of nitrogens with zero attached hydrogens (tertiary/aromatic N) is 4. The van der Waals surface area contributed by atoms with Crippen LogP contribution in [-0.4, -0.2) is 61.5 Å². The van der Waals surface area contributed by atoms with Crippen LogP contribution in [0.2, 0.25) is 0 Å². The molecule has 10 heteroatoms. The summed E-state index contributed by atoms with van der Waals surface area (Å²) in [6.07, 6.45) is -2.78. The molecule has 2 aliphatic heterocycles. The molecule has 0 unspecified atom stereocenters. The molecule has 5 N–H and O–H groups in total. The molecule has 1 saturated heterocycles. The molecule has 0 spiro atoms. The Labute approximate surface area is 167 Å². The van der Waals surface area contributed by atoms with E-state index < -0.39 is 31.1 Å². The lowest BCUT2D eigenvalue weighted by Gasteiger charge is -2.24. The SMILES string of the molecule is Cc1cc(C)cc(CON2CN=c3c(ncn3[C@@H]3O[C@H](CO)[C@@H](O)[C@H]3O)=C2N)c1. The smallest absolute Gasteiger partial charge is 0.165 e. The molecule has 0 bridgehead atoms. The summed E-state index contributed by atoms with van der Waals surface area (Å²) in [5.41, 5.74) is 9.99. The maximum absolute atomic E-state index is 10.3. The van der Waals surface area contributed by atoms with Gasteiger partial charge in [-0.15, -0.1) is 0 Å². The van der Waals surface area contributed by atoms with Crippen molar-refractivity contribution in [2.45, 2.75) is 45.0 Å². The van der Waals surface area contributed by atoms with Crippen molar-refractivity contribution in [1.29, 1.82) is 0 Å². The normalized spacial score (nSPS) is 26.5. The molecule has 0 radical (unpaired) electrons. The van der Waals surface area contributed by atoms with Gasteiger partial charge < -0.3 is 25.8 Å². The van der Waals surface area contributed by atoms with Crippen molar-refractivity contribution >= 4 is 5.82 Å². The Morgan fingerprint density at radius 2 is 1.93 bits per heavy atom. The van der Waals surface area contributed by atoms with Crippen LogP contribution >= 0.6 is 0 Å². The van der Waals surface area contributed by atoms with Gasteiger partial charge in [-0.2, -0.15) is 0 Å². The van der Waals surface area contributed by atoms with Gasteiger partial charge in [0, 0.05) is 0 Å². The summed E-state index contributed by atoms with van der Waals surface area (Å²) < 4.78 is 7.06. The molecule has 0 saturated carbocycles. The maximum atomic E-state index is 10.3. The standard InChI is InChI=1S/C19H25N5O5/c1-10-3-11(2)5-12(4-10)7-28-24-9-22-18-14(17(24)20)21-8-23(18)19-16(27)15(26)13(6-25)29-19/h3-5,8,13,15-16,19,25-27H,6-7,9,20H2,1-2H3/t13-,15-,16-,19-/m1/s1. The number of benzene rings is 1. The average Bonchev–Trinajstić information content (AvgIpc) is 3.22. The number of nitrogens with two attached hydrogens (primary N) is 1. The number of aryl methyl sites for hydroxylation is 2. The van der Waals surface area contributed by atoms with Crippen molar-refractivity contribution in [2.24, 2.45) is 10.7 Å². The van der Waals surface area contributed by atoms with E-state index in [0.29, 0.717) is 23.3 Å². The number of aliphatic hydroxyl groups is 3. The van der Waals surface area contributed by atoms with E-state index in [-0.39, 0.29) is 6.67 Å². The molecule has 4 rings (SSSR count). The van der Waals surface area contributed by atoms with Crippen LogP contribution in [0.1, 0.15) is 22.9 Å². The van der Waals surface area contributed by atoms with Crippen molar-refractivity contribution in [3.63, 3.8) is 0 Å². The first-order valence-corrected chi connectivity index (χ1v) is 9.36. The highest BCUT2D eigenvalue weighted by Crippen LogP contribution is 2.27. The predicted molar refractivity (Wildman–Crippen MR) is 101 cm³/mol. The van der Waals surface area contributed by atoms with Crippen LogP contribution in [0.4, 0.5) is 0 Å². The molecule has 3 heterocycles. The van der Waals surface area contributed by atoms with Crippen LogP contribution in [0.25, 0.3) is 5.82 Å². The van der Waals surface area contributed by atoms with Crippen LogP contribution in [0.3, 0.4) is 0 Å². The minimum Gasteiger partial charge on any atom is -0.394 e. The number of aliphatic hydroxyl groups excluding tert-OH is 3. The lowest BCUT2D eigenvalue weighted by molar-refractivity contribution is -0.124. The highest BCUT2D eigenvalue weighted by atomic mass is 16.7. The molecule has 29 heavy (non-hydrogen) atoms. The largest absolute Gasteiger partial charge is 0.394 e. The summed E-state index contributed by atoms with van der Waals surface area (Å²) in [5.74, 6) is 0.296. The molecule has 1 aromatic carbocycles. The number of aromatic nitrogens is 2. The van der Waals surface area contributed by atoms with Gasteiger partial charge in [-0.3, -0.25) is 9.40 Å². The van der Waals surface area contributed by atoms with E-state index in [1.54, 1.807) is 0 Å². The lowest BCUT2D eigenvalue weighted by atomic mass is 10.1. The van der Waals surface area contributed by atoms with Gasteiger partial charge >= 0.3 is 0 Å². The summed E-state index contributed by atoms with van der Waals surface area (Å²) >= 11 is 0. The molecule has 2 aromatic rings. The second kappa shape index (κ2) is 7.73. The highest BCUT2D eigenvalue weighted by Gasteiger charge is 2.43. The van der Waals surface area contributed by atoms with E-state index in [9.17, 15) is 15.3 Å². The highest BCUT2D eigenvalue weighted by molar-refractivity contribution is 5.34. The number of hydrogen-bond donors (Lipinski definition) is 4. The Morgan fingerprint density at radius 1 is 1.21 bits per heavy atom.